The van der Waals surface area contributed by atoms with Gasteiger partial charge in [0.05, 0.1) is 0 Å². The Balaban J connectivity index is 1.44. The summed E-state index contributed by atoms with van der Waals surface area (Å²) in [4.78, 5) is 23.6. The topological polar surface area (TPSA) is 70.2 Å². The number of anilines is 3. The van der Waals surface area contributed by atoms with Crippen LogP contribution in [0.25, 0.3) is 0 Å². The van der Waals surface area contributed by atoms with Crippen LogP contribution < -0.4 is 15.5 Å². The Labute approximate surface area is 147 Å². The molecule has 2 aromatic rings. The van der Waals surface area contributed by atoms with Crippen LogP contribution in [-0.4, -0.2) is 35.0 Å². The predicted molar refractivity (Wildman–Crippen MR) is 99.3 cm³/mol. The van der Waals surface area contributed by atoms with Crippen molar-refractivity contribution in [3.8, 4) is 0 Å². The van der Waals surface area contributed by atoms with Crippen molar-refractivity contribution in [3.63, 3.8) is 0 Å². The third-order valence-corrected chi connectivity index (χ3v) is 4.59. The Hall–Kier alpha value is -2.63. The molecule has 6 nitrogen and oxygen atoms in total. The van der Waals surface area contributed by atoms with Gasteiger partial charge in [-0.15, -0.1) is 0 Å². The van der Waals surface area contributed by atoms with E-state index in [1.807, 2.05) is 19.1 Å². The normalized spacial score (nSPS) is 16.8. The number of hydrogen-bond acceptors (Lipinski definition) is 5. The number of nitrogens with one attached hydrogen (secondary N) is 2. The molecule has 1 amide bonds. The summed E-state index contributed by atoms with van der Waals surface area (Å²) < 4.78 is 0. The number of amides is 1. The first kappa shape index (κ1) is 15.9. The van der Waals surface area contributed by atoms with E-state index in [0.717, 1.165) is 37.3 Å². The smallest absolute Gasteiger partial charge is 0.274 e. The fourth-order valence-electron chi connectivity index (χ4n) is 3.09. The lowest BCUT2D eigenvalue weighted by Gasteiger charge is -2.17. The van der Waals surface area contributed by atoms with Gasteiger partial charge >= 0.3 is 0 Å². The Bertz CT molecular complexity index is 764. The van der Waals surface area contributed by atoms with Crippen LogP contribution in [0.1, 0.15) is 41.9 Å². The summed E-state index contributed by atoms with van der Waals surface area (Å²) in [5.41, 5.74) is 3.16. The van der Waals surface area contributed by atoms with Gasteiger partial charge in [0.1, 0.15) is 5.69 Å². The highest BCUT2D eigenvalue weighted by Crippen LogP contribution is 2.24. The van der Waals surface area contributed by atoms with E-state index in [1.54, 1.807) is 6.07 Å². The summed E-state index contributed by atoms with van der Waals surface area (Å²) >= 11 is 0. The second kappa shape index (κ2) is 6.70. The highest BCUT2D eigenvalue weighted by molar-refractivity contribution is 6.03. The molecular formula is C19H23N5O. The molecule has 0 atom stereocenters. The van der Waals surface area contributed by atoms with Crippen molar-refractivity contribution in [2.45, 2.75) is 38.6 Å². The molecule has 2 aliphatic rings. The van der Waals surface area contributed by atoms with Gasteiger partial charge in [-0.05, 0) is 62.9 Å². The van der Waals surface area contributed by atoms with E-state index in [9.17, 15) is 4.79 Å². The molecule has 6 heteroatoms. The molecule has 2 N–H and O–H groups in total. The number of carbonyl (C=O) groups is 1. The zero-order valence-electron chi connectivity index (χ0n) is 14.5. The van der Waals surface area contributed by atoms with E-state index in [-0.39, 0.29) is 5.91 Å². The zero-order chi connectivity index (χ0) is 17.2. The summed E-state index contributed by atoms with van der Waals surface area (Å²) in [6.45, 7) is 4.10. The van der Waals surface area contributed by atoms with E-state index < -0.39 is 0 Å². The number of nitrogens with zero attached hydrogens (tertiary/aromatic N) is 3. The van der Waals surface area contributed by atoms with Gasteiger partial charge in [0.15, 0.2) is 0 Å². The van der Waals surface area contributed by atoms with Crippen molar-refractivity contribution in [2.24, 2.45) is 0 Å². The molecule has 0 bridgehead atoms. The average molecular weight is 337 g/mol. The third-order valence-electron chi connectivity index (χ3n) is 4.59. The first-order chi connectivity index (χ1) is 12.2. The van der Waals surface area contributed by atoms with E-state index in [2.05, 4.69) is 37.6 Å². The number of aryl methyl sites for hydroxylation is 1. The van der Waals surface area contributed by atoms with Crippen LogP contribution in [0.4, 0.5) is 17.3 Å². The summed E-state index contributed by atoms with van der Waals surface area (Å²) in [6, 6.07) is 10.2. The van der Waals surface area contributed by atoms with E-state index in [0.29, 0.717) is 17.7 Å². The lowest BCUT2D eigenvalue weighted by molar-refractivity contribution is 0.102. The molecular weight excluding hydrogens is 314 g/mol. The van der Waals surface area contributed by atoms with Crippen LogP contribution in [0.5, 0.6) is 0 Å². The number of carbonyl (C=O) groups excluding carboxylic acids is 1. The quantitative estimate of drug-likeness (QED) is 0.877. The van der Waals surface area contributed by atoms with Crippen LogP contribution in [0.3, 0.4) is 0 Å². The maximum Gasteiger partial charge on any atom is 0.274 e. The SMILES string of the molecule is Cc1cc(C(=O)Nc2ccc(N3CCCC3)cc2)nc(NC2CC2)n1. The standard InChI is InChI=1S/C19H23N5O/c1-13-12-17(23-19(20-13)22-15-4-5-15)18(25)21-14-6-8-16(9-7-14)24-10-2-3-11-24/h6-9,12,15H,2-5,10-11H2,1H3,(H,21,25)(H,20,22,23). The fraction of sp³-hybridized carbons (Fsp3) is 0.421. The van der Waals surface area contributed by atoms with Crippen LogP contribution in [-0.2, 0) is 0 Å². The second-order valence-corrected chi connectivity index (χ2v) is 6.83. The predicted octanol–water partition coefficient (Wildman–Crippen LogP) is 3.21. The molecule has 1 saturated heterocycles. The van der Waals surface area contributed by atoms with E-state index in [4.69, 9.17) is 0 Å². The molecule has 0 spiro atoms. The molecule has 130 valence electrons. The summed E-state index contributed by atoms with van der Waals surface area (Å²) in [6.07, 6.45) is 4.79. The number of rotatable bonds is 5. The maximum absolute atomic E-state index is 12.5. The number of benzene rings is 1. The Morgan fingerprint density at radius 3 is 2.52 bits per heavy atom. The van der Waals surface area contributed by atoms with Gasteiger partial charge in [-0.1, -0.05) is 0 Å². The molecule has 1 aromatic carbocycles. The first-order valence-electron chi connectivity index (χ1n) is 8.96. The molecule has 1 aliphatic heterocycles. The minimum absolute atomic E-state index is 0.210. The highest BCUT2D eigenvalue weighted by Gasteiger charge is 2.22. The van der Waals surface area contributed by atoms with Crippen molar-refractivity contribution < 1.29 is 4.79 Å². The summed E-state index contributed by atoms with van der Waals surface area (Å²) in [7, 11) is 0. The van der Waals surface area contributed by atoms with Gasteiger partial charge in [-0.25, -0.2) is 9.97 Å². The van der Waals surface area contributed by atoms with Gasteiger partial charge in [0.2, 0.25) is 5.95 Å². The third kappa shape index (κ3) is 3.90. The largest absolute Gasteiger partial charge is 0.372 e. The molecule has 1 aromatic heterocycles. The first-order valence-corrected chi connectivity index (χ1v) is 8.96. The van der Waals surface area contributed by atoms with Gasteiger partial charge in [0.25, 0.3) is 5.91 Å². The lowest BCUT2D eigenvalue weighted by Crippen LogP contribution is -2.18. The van der Waals surface area contributed by atoms with Gasteiger partial charge in [-0.3, -0.25) is 4.79 Å². The minimum atomic E-state index is -0.210. The molecule has 2 fully saturated rings. The van der Waals surface area contributed by atoms with Crippen molar-refractivity contribution in [1.29, 1.82) is 0 Å². The van der Waals surface area contributed by atoms with Crippen molar-refractivity contribution in [3.05, 3.63) is 41.7 Å². The molecule has 25 heavy (non-hydrogen) atoms. The van der Waals surface area contributed by atoms with Crippen molar-refractivity contribution in [2.75, 3.05) is 28.6 Å². The molecule has 1 saturated carbocycles. The fourth-order valence-corrected chi connectivity index (χ4v) is 3.09. The zero-order valence-corrected chi connectivity index (χ0v) is 14.5. The second-order valence-electron chi connectivity index (χ2n) is 6.83. The van der Waals surface area contributed by atoms with Crippen molar-refractivity contribution >= 4 is 23.2 Å². The number of aromatic nitrogens is 2. The highest BCUT2D eigenvalue weighted by atomic mass is 16.1. The van der Waals surface area contributed by atoms with Crippen molar-refractivity contribution in [1.82, 2.24) is 9.97 Å². The van der Waals surface area contributed by atoms with Gasteiger partial charge in [-0.2, -0.15) is 0 Å². The van der Waals surface area contributed by atoms with Crippen LogP contribution >= 0.6 is 0 Å². The molecule has 4 rings (SSSR count). The maximum atomic E-state index is 12.5. The monoisotopic (exact) mass is 337 g/mol. The van der Waals surface area contributed by atoms with Gasteiger partial charge in [0, 0.05) is 36.2 Å². The Morgan fingerprint density at radius 2 is 1.84 bits per heavy atom. The van der Waals surface area contributed by atoms with Crippen LogP contribution in [0, 0.1) is 6.92 Å². The van der Waals surface area contributed by atoms with E-state index in [1.165, 1.54) is 18.5 Å². The van der Waals surface area contributed by atoms with Gasteiger partial charge < -0.3 is 15.5 Å². The molecule has 2 heterocycles. The Kier molecular flexibility index (Phi) is 4.26. The summed E-state index contributed by atoms with van der Waals surface area (Å²) in [5.74, 6) is 0.329. The minimum Gasteiger partial charge on any atom is -0.372 e. The Morgan fingerprint density at radius 1 is 1.12 bits per heavy atom. The van der Waals surface area contributed by atoms with Crippen LogP contribution in [0.2, 0.25) is 0 Å². The lowest BCUT2D eigenvalue weighted by atomic mass is 10.2. The summed E-state index contributed by atoms with van der Waals surface area (Å²) in [5, 5.41) is 6.17. The molecule has 0 unspecified atom stereocenters. The molecule has 0 radical (unpaired) electrons. The average Bonchev–Trinajstić information content (AvgIpc) is 3.24. The number of hydrogen-bond donors (Lipinski definition) is 2. The van der Waals surface area contributed by atoms with E-state index >= 15 is 0 Å². The van der Waals surface area contributed by atoms with Crippen LogP contribution in [0.15, 0.2) is 30.3 Å². The molecule has 1 aliphatic carbocycles.